The number of hydrogen-bond acceptors (Lipinski definition) is 5. The van der Waals surface area contributed by atoms with Gasteiger partial charge in [0.25, 0.3) is 0 Å². The molecule has 6 heteroatoms. The number of carbonyl (C=O) groups is 2. The summed E-state index contributed by atoms with van der Waals surface area (Å²) in [6.07, 6.45) is 75.7. The molecule has 3 N–H and O–H groups in total. The lowest BCUT2D eigenvalue weighted by Crippen LogP contribution is -2.45. The molecule has 0 aliphatic rings. The average Bonchev–Trinajstić information content (AvgIpc) is 3.36. The lowest BCUT2D eigenvalue weighted by Gasteiger charge is -2.20. The van der Waals surface area contributed by atoms with Crippen molar-refractivity contribution in [1.29, 1.82) is 0 Å². The normalized spacial score (nSPS) is 12.9. The molecule has 0 heterocycles. The molecule has 0 rings (SSSR count). The summed E-state index contributed by atoms with van der Waals surface area (Å²) in [7, 11) is 0. The predicted octanol–water partition coefficient (Wildman–Crippen LogP) is 19.4. The van der Waals surface area contributed by atoms with Gasteiger partial charge in [-0.3, -0.25) is 9.59 Å². The molecule has 410 valence electrons. The number of carbonyl (C=O) groups excluding carboxylic acids is 2. The second-order valence-electron chi connectivity index (χ2n) is 21.0. The standard InChI is InChI=1S/C64H119NO5/c1-3-5-7-9-11-13-15-17-19-20-23-26-29-32-36-40-44-48-52-56-62(67)61(60-66)65-63(68)57-53-49-45-41-37-33-30-27-24-21-22-25-28-31-35-39-43-47-51-55-59-70-64(69)58-54-50-46-42-38-34-18-16-14-12-10-8-6-4-2/h10,12,16,18,21,24,52,56,61-62,66-67H,3-9,11,13-15,17,19-20,22-23,25-51,53-55,57-60H2,1-2H3,(H,65,68)/b12-10-,18-16-,24-21-,56-52+. The minimum Gasteiger partial charge on any atom is -0.466 e. The van der Waals surface area contributed by atoms with Crippen LogP contribution in [0.3, 0.4) is 0 Å². The summed E-state index contributed by atoms with van der Waals surface area (Å²) in [6, 6.07) is -0.636. The molecule has 0 aliphatic carbocycles. The van der Waals surface area contributed by atoms with Crippen molar-refractivity contribution in [3.63, 3.8) is 0 Å². The highest BCUT2D eigenvalue weighted by Gasteiger charge is 2.18. The molecular formula is C64H119NO5. The number of ether oxygens (including phenoxy) is 1. The van der Waals surface area contributed by atoms with Gasteiger partial charge in [-0.2, -0.15) is 0 Å². The second-order valence-corrected chi connectivity index (χ2v) is 21.0. The molecule has 6 nitrogen and oxygen atoms in total. The third-order valence-electron chi connectivity index (χ3n) is 14.1. The Bertz CT molecular complexity index is 1180. The van der Waals surface area contributed by atoms with Crippen LogP contribution < -0.4 is 5.32 Å². The van der Waals surface area contributed by atoms with Crippen LogP contribution in [0.2, 0.25) is 0 Å². The van der Waals surface area contributed by atoms with Crippen molar-refractivity contribution < 1.29 is 24.5 Å². The Kier molecular flexibility index (Phi) is 57.5. The number of aliphatic hydroxyl groups excluding tert-OH is 2. The van der Waals surface area contributed by atoms with E-state index in [0.717, 1.165) is 57.8 Å². The molecule has 2 atom stereocenters. The maximum atomic E-state index is 12.5. The van der Waals surface area contributed by atoms with Gasteiger partial charge in [-0.15, -0.1) is 0 Å². The number of hydrogen-bond donors (Lipinski definition) is 3. The highest BCUT2D eigenvalue weighted by atomic mass is 16.5. The van der Waals surface area contributed by atoms with Gasteiger partial charge in [-0.1, -0.05) is 274 Å². The molecular weight excluding hydrogens is 863 g/mol. The van der Waals surface area contributed by atoms with Crippen LogP contribution in [-0.2, 0) is 14.3 Å². The van der Waals surface area contributed by atoms with Crippen molar-refractivity contribution in [3.05, 3.63) is 48.6 Å². The maximum Gasteiger partial charge on any atom is 0.305 e. The molecule has 1 amide bonds. The molecule has 0 aromatic heterocycles. The number of unbranched alkanes of at least 4 members (excludes halogenated alkanes) is 40. The number of esters is 1. The number of nitrogens with one attached hydrogen (secondary N) is 1. The minimum atomic E-state index is -0.852. The zero-order chi connectivity index (χ0) is 50.7. The van der Waals surface area contributed by atoms with E-state index >= 15 is 0 Å². The predicted molar refractivity (Wildman–Crippen MR) is 306 cm³/mol. The summed E-state index contributed by atoms with van der Waals surface area (Å²) in [5.41, 5.74) is 0. The largest absolute Gasteiger partial charge is 0.466 e. The molecule has 70 heavy (non-hydrogen) atoms. The molecule has 0 radical (unpaired) electrons. The Morgan fingerprint density at radius 3 is 1.14 bits per heavy atom. The first kappa shape index (κ1) is 67.8. The van der Waals surface area contributed by atoms with Gasteiger partial charge in [0, 0.05) is 12.8 Å². The van der Waals surface area contributed by atoms with Crippen LogP contribution >= 0.6 is 0 Å². The van der Waals surface area contributed by atoms with Gasteiger partial charge in [-0.25, -0.2) is 0 Å². The lowest BCUT2D eigenvalue weighted by molar-refractivity contribution is -0.143. The first-order valence-electron chi connectivity index (χ1n) is 30.9. The van der Waals surface area contributed by atoms with Crippen molar-refractivity contribution in [3.8, 4) is 0 Å². The molecule has 0 aromatic rings. The number of amides is 1. The molecule has 0 spiro atoms. The molecule has 0 aromatic carbocycles. The smallest absolute Gasteiger partial charge is 0.305 e. The number of allylic oxidation sites excluding steroid dienone is 7. The van der Waals surface area contributed by atoms with Gasteiger partial charge in [0.15, 0.2) is 0 Å². The van der Waals surface area contributed by atoms with Gasteiger partial charge < -0.3 is 20.3 Å². The van der Waals surface area contributed by atoms with Crippen molar-refractivity contribution in [1.82, 2.24) is 5.32 Å². The summed E-state index contributed by atoms with van der Waals surface area (Å²) in [5, 5.41) is 23.2. The highest BCUT2D eigenvalue weighted by molar-refractivity contribution is 5.76. The molecule has 0 saturated heterocycles. The van der Waals surface area contributed by atoms with E-state index in [1.165, 1.54) is 238 Å². The summed E-state index contributed by atoms with van der Waals surface area (Å²) >= 11 is 0. The topological polar surface area (TPSA) is 95.9 Å². The molecule has 0 bridgehead atoms. The van der Waals surface area contributed by atoms with Crippen LogP contribution in [0.5, 0.6) is 0 Å². The second kappa shape index (κ2) is 59.4. The fourth-order valence-corrected chi connectivity index (χ4v) is 9.29. The van der Waals surface area contributed by atoms with Gasteiger partial charge in [0.05, 0.1) is 25.4 Å². The van der Waals surface area contributed by atoms with Gasteiger partial charge >= 0.3 is 5.97 Å². The average molecular weight is 983 g/mol. The van der Waals surface area contributed by atoms with Gasteiger partial charge in [0.1, 0.15) is 0 Å². The number of aliphatic hydroxyl groups is 2. The van der Waals surface area contributed by atoms with E-state index in [4.69, 9.17) is 4.74 Å². The lowest BCUT2D eigenvalue weighted by atomic mass is 10.0. The van der Waals surface area contributed by atoms with E-state index in [0.29, 0.717) is 19.4 Å². The SMILES string of the molecule is CCCC/C=C\C/C=C\CCCCCCCC(=O)OCCCCCCCCCCC/C=C\CCCCCCCCCC(=O)NC(CO)C(O)/C=C/CCCCCCCCCCCCCCCCCCC. The van der Waals surface area contributed by atoms with Crippen LogP contribution in [0, 0.1) is 0 Å². The van der Waals surface area contributed by atoms with Crippen LogP contribution in [0.4, 0.5) is 0 Å². The van der Waals surface area contributed by atoms with Crippen LogP contribution in [-0.4, -0.2) is 47.4 Å². The third-order valence-corrected chi connectivity index (χ3v) is 14.1. The number of rotatable bonds is 57. The Labute approximate surface area is 436 Å². The van der Waals surface area contributed by atoms with E-state index in [1.807, 2.05) is 6.08 Å². The maximum absolute atomic E-state index is 12.5. The molecule has 0 saturated carbocycles. The van der Waals surface area contributed by atoms with Crippen LogP contribution in [0.15, 0.2) is 48.6 Å². The molecule has 0 aliphatic heterocycles. The Morgan fingerprint density at radius 1 is 0.400 bits per heavy atom. The van der Waals surface area contributed by atoms with Gasteiger partial charge in [-0.05, 0) is 83.5 Å². The van der Waals surface area contributed by atoms with Crippen LogP contribution in [0.25, 0.3) is 0 Å². The van der Waals surface area contributed by atoms with E-state index < -0.39 is 12.1 Å². The van der Waals surface area contributed by atoms with Crippen molar-refractivity contribution >= 4 is 11.9 Å². The zero-order valence-corrected chi connectivity index (χ0v) is 46.7. The Hall–Kier alpha value is -2.18. The van der Waals surface area contributed by atoms with Gasteiger partial charge in [0.2, 0.25) is 5.91 Å². The Balaban J connectivity index is 3.48. The summed E-state index contributed by atoms with van der Waals surface area (Å²) in [6.45, 7) is 4.86. The minimum absolute atomic E-state index is 0.00933. The fourth-order valence-electron chi connectivity index (χ4n) is 9.29. The van der Waals surface area contributed by atoms with E-state index in [-0.39, 0.29) is 18.5 Å². The van der Waals surface area contributed by atoms with E-state index in [2.05, 4.69) is 55.6 Å². The summed E-state index contributed by atoms with van der Waals surface area (Å²) < 4.78 is 5.47. The highest BCUT2D eigenvalue weighted by Crippen LogP contribution is 2.17. The third kappa shape index (κ3) is 55.1. The molecule has 2 unspecified atom stereocenters. The first-order chi connectivity index (χ1) is 34.5. The van der Waals surface area contributed by atoms with Crippen molar-refractivity contribution in [2.45, 2.75) is 334 Å². The Morgan fingerprint density at radius 2 is 0.729 bits per heavy atom. The zero-order valence-electron chi connectivity index (χ0n) is 46.7. The first-order valence-corrected chi connectivity index (χ1v) is 30.9. The van der Waals surface area contributed by atoms with Crippen LogP contribution in [0.1, 0.15) is 322 Å². The molecule has 0 fully saturated rings. The monoisotopic (exact) mass is 982 g/mol. The summed E-state index contributed by atoms with van der Waals surface area (Å²) in [4.78, 5) is 24.5. The van der Waals surface area contributed by atoms with E-state index in [1.54, 1.807) is 6.08 Å². The fraction of sp³-hybridized carbons (Fsp3) is 0.844. The quantitative estimate of drug-likeness (QED) is 0.0321. The van der Waals surface area contributed by atoms with E-state index in [9.17, 15) is 19.8 Å². The van der Waals surface area contributed by atoms with Crippen molar-refractivity contribution in [2.75, 3.05) is 13.2 Å². The summed E-state index contributed by atoms with van der Waals surface area (Å²) in [5.74, 6) is -0.0847. The van der Waals surface area contributed by atoms with Crippen molar-refractivity contribution in [2.24, 2.45) is 0 Å².